The minimum atomic E-state index is -0.177. The Morgan fingerprint density at radius 3 is 2.65 bits per heavy atom. The van der Waals surface area contributed by atoms with Crippen LogP contribution in [0.15, 0.2) is 16.9 Å². The van der Waals surface area contributed by atoms with Crippen LogP contribution in [0.5, 0.6) is 0 Å². The van der Waals surface area contributed by atoms with E-state index in [2.05, 4.69) is 4.98 Å². The molecule has 0 aliphatic carbocycles. The van der Waals surface area contributed by atoms with Crippen molar-refractivity contribution in [2.45, 2.75) is 20.4 Å². The molecule has 0 atom stereocenters. The Kier molecular flexibility index (Phi) is 4.37. The molecule has 0 spiro atoms. The minimum absolute atomic E-state index is 0.161. The zero-order chi connectivity index (χ0) is 16.6. The zero-order valence-corrected chi connectivity index (χ0v) is 13.9. The van der Waals surface area contributed by atoms with Gasteiger partial charge in [-0.1, -0.05) is 11.6 Å². The number of hydrogen-bond acceptors (Lipinski definition) is 5. The smallest absolute Gasteiger partial charge is 0.262 e. The fourth-order valence-electron chi connectivity index (χ4n) is 2.84. The predicted octanol–water partition coefficient (Wildman–Crippen LogP) is 2.11. The lowest BCUT2D eigenvalue weighted by molar-refractivity contribution is 0.101. The van der Waals surface area contributed by atoms with Crippen molar-refractivity contribution in [3.63, 3.8) is 0 Å². The lowest BCUT2D eigenvalue weighted by atomic mass is 10.1. The van der Waals surface area contributed by atoms with Crippen molar-refractivity contribution >= 4 is 34.2 Å². The second-order valence-electron chi connectivity index (χ2n) is 5.47. The molecule has 0 N–H and O–H groups in total. The van der Waals surface area contributed by atoms with Crippen LogP contribution in [-0.2, 0) is 11.3 Å². The zero-order valence-electron chi connectivity index (χ0n) is 13.1. The molecule has 3 rings (SSSR count). The molecule has 1 aromatic carbocycles. The highest BCUT2D eigenvalue weighted by molar-refractivity contribution is 6.32. The highest BCUT2D eigenvalue weighted by Gasteiger charge is 2.21. The Morgan fingerprint density at radius 1 is 1.35 bits per heavy atom. The maximum Gasteiger partial charge on any atom is 0.262 e. The number of morpholine rings is 1. The van der Waals surface area contributed by atoms with Crippen LogP contribution >= 0.6 is 11.6 Å². The number of ketones is 1. The van der Waals surface area contributed by atoms with Gasteiger partial charge in [-0.2, -0.15) is 0 Å². The van der Waals surface area contributed by atoms with Crippen LogP contribution in [-0.4, -0.2) is 41.6 Å². The monoisotopic (exact) mass is 335 g/mol. The third-order valence-electron chi connectivity index (χ3n) is 3.99. The number of anilines is 1. The molecule has 0 unspecified atom stereocenters. The van der Waals surface area contributed by atoms with E-state index in [1.165, 1.54) is 6.92 Å². The number of carbonyl (C=O) groups excluding carboxylic acids is 1. The minimum Gasteiger partial charge on any atom is -0.378 e. The summed E-state index contributed by atoms with van der Waals surface area (Å²) >= 11 is 6.07. The summed E-state index contributed by atoms with van der Waals surface area (Å²) in [6.07, 6.45) is 0. The average molecular weight is 336 g/mol. The summed E-state index contributed by atoms with van der Waals surface area (Å²) in [5.41, 5.74) is 0.615. The fraction of sp³-hybridized carbons (Fsp3) is 0.438. The van der Waals surface area contributed by atoms with Gasteiger partial charge in [0, 0.05) is 30.2 Å². The quantitative estimate of drug-likeness (QED) is 0.804. The summed E-state index contributed by atoms with van der Waals surface area (Å²) in [5.74, 6) is 0.421. The van der Waals surface area contributed by atoms with E-state index >= 15 is 0 Å². The van der Waals surface area contributed by atoms with E-state index in [-0.39, 0.29) is 11.3 Å². The van der Waals surface area contributed by atoms with E-state index in [1.807, 2.05) is 11.8 Å². The first-order chi connectivity index (χ1) is 11.0. The predicted molar refractivity (Wildman–Crippen MR) is 89.7 cm³/mol. The van der Waals surface area contributed by atoms with Gasteiger partial charge in [-0.25, -0.2) is 4.98 Å². The normalized spacial score (nSPS) is 15.2. The molecule has 0 bridgehead atoms. The van der Waals surface area contributed by atoms with Gasteiger partial charge < -0.3 is 9.64 Å². The summed E-state index contributed by atoms with van der Waals surface area (Å²) in [4.78, 5) is 31.4. The molecule has 23 heavy (non-hydrogen) atoms. The second-order valence-corrected chi connectivity index (χ2v) is 5.90. The molecule has 2 aromatic rings. The Bertz CT molecular complexity index is 825. The molecule has 6 nitrogen and oxygen atoms in total. The van der Waals surface area contributed by atoms with Gasteiger partial charge in [0.25, 0.3) is 5.56 Å². The topological polar surface area (TPSA) is 64.4 Å². The Hall–Kier alpha value is -1.92. The van der Waals surface area contributed by atoms with Gasteiger partial charge in [-0.05, 0) is 26.0 Å². The first-order valence-electron chi connectivity index (χ1n) is 7.60. The van der Waals surface area contributed by atoms with Crippen LogP contribution in [0, 0.1) is 0 Å². The van der Waals surface area contributed by atoms with Crippen molar-refractivity contribution in [2.24, 2.45) is 0 Å². The van der Waals surface area contributed by atoms with E-state index in [1.54, 1.807) is 16.7 Å². The standard InChI is InChI=1S/C16H18ClN3O3/c1-3-20-15(22)13-9-11(17)8-12(10(2)21)14(13)18-16(20)19-4-6-23-7-5-19/h8-9H,3-7H2,1-2H3. The summed E-state index contributed by atoms with van der Waals surface area (Å²) in [6, 6.07) is 3.14. The van der Waals surface area contributed by atoms with Crippen LogP contribution in [0.2, 0.25) is 5.02 Å². The third-order valence-corrected chi connectivity index (χ3v) is 4.21. The van der Waals surface area contributed by atoms with Crippen molar-refractivity contribution in [3.05, 3.63) is 33.1 Å². The molecule has 1 aliphatic rings. The third kappa shape index (κ3) is 2.84. The Balaban J connectivity index is 2.32. The number of nitrogens with zero attached hydrogens (tertiary/aromatic N) is 3. The van der Waals surface area contributed by atoms with E-state index < -0.39 is 0 Å². The van der Waals surface area contributed by atoms with Crippen LogP contribution in [0.25, 0.3) is 10.9 Å². The Morgan fingerprint density at radius 2 is 2.04 bits per heavy atom. The van der Waals surface area contributed by atoms with Gasteiger partial charge in [0.15, 0.2) is 5.78 Å². The molecule has 7 heteroatoms. The van der Waals surface area contributed by atoms with Crippen LogP contribution in [0.1, 0.15) is 24.2 Å². The van der Waals surface area contributed by atoms with Crippen molar-refractivity contribution in [1.82, 2.24) is 9.55 Å². The van der Waals surface area contributed by atoms with Crippen molar-refractivity contribution < 1.29 is 9.53 Å². The number of aromatic nitrogens is 2. The molecular formula is C16H18ClN3O3. The van der Waals surface area contributed by atoms with E-state index in [0.29, 0.717) is 60.3 Å². The van der Waals surface area contributed by atoms with Gasteiger partial charge in [-0.3, -0.25) is 14.2 Å². The molecule has 1 aliphatic heterocycles. The summed E-state index contributed by atoms with van der Waals surface area (Å²) in [5, 5.41) is 0.741. The van der Waals surface area contributed by atoms with E-state index in [0.717, 1.165) is 0 Å². The highest BCUT2D eigenvalue weighted by Crippen LogP contribution is 2.24. The SMILES string of the molecule is CCn1c(N2CCOCC2)nc2c(C(C)=O)cc(Cl)cc2c1=O. The first-order valence-corrected chi connectivity index (χ1v) is 7.98. The highest BCUT2D eigenvalue weighted by atomic mass is 35.5. The maximum absolute atomic E-state index is 12.8. The average Bonchev–Trinajstić information content (AvgIpc) is 2.55. The number of benzene rings is 1. The number of hydrogen-bond donors (Lipinski definition) is 0. The van der Waals surface area contributed by atoms with Crippen LogP contribution < -0.4 is 10.5 Å². The molecule has 2 heterocycles. The number of rotatable bonds is 3. The van der Waals surface area contributed by atoms with E-state index in [9.17, 15) is 9.59 Å². The van der Waals surface area contributed by atoms with Crippen LogP contribution in [0.4, 0.5) is 5.95 Å². The lowest BCUT2D eigenvalue weighted by Crippen LogP contribution is -2.40. The molecule has 1 aromatic heterocycles. The summed E-state index contributed by atoms with van der Waals surface area (Å²) in [6.45, 7) is 6.37. The van der Waals surface area contributed by atoms with Gasteiger partial charge >= 0.3 is 0 Å². The lowest BCUT2D eigenvalue weighted by Gasteiger charge is -2.29. The molecule has 0 amide bonds. The van der Waals surface area contributed by atoms with E-state index in [4.69, 9.17) is 16.3 Å². The first kappa shape index (κ1) is 16.0. The largest absolute Gasteiger partial charge is 0.378 e. The number of carbonyl (C=O) groups is 1. The summed E-state index contributed by atoms with van der Waals surface area (Å²) in [7, 11) is 0. The van der Waals surface area contributed by atoms with Crippen molar-refractivity contribution in [3.8, 4) is 0 Å². The maximum atomic E-state index is 12.8. The van der Waals surface area contributed by atoms with Gasteiger partial charge in [-0.15, -0.1) is 0 Å². The molecular weight excluding hydrogens is 318 g/mol. The number of halogens is 1. The fourth-order valence-corrected chi connectivity index (χ4v) is 3.06. The number of fused-ring (bicyclic) bond motifs is 1. The molecule has 0 saturated carbocycles. The second kappa shape index (κ2) is 6.29. The summed E-state index contributed by atoms with van der Waals surface area (Å²) < 4.78 is 6.98. The molecule has 122 valence electrons. The molecule has 1 saturated heterocycles. The number of ether oxygens (including phenoxy) is 1. The molecule has 1 fully saturated rings. The number of Topliss-reactive ketones (excluding diaryl/α,β-unsaturated/α-hetero) is 1. The molecule has 0 radical (unpaired) electrons. The van der Waals surface area contributed by atoms with Gasteiger partial charge in [0.05, 0.1) is 24.1 Å². The van der Waals surface area contributed by atoms with Crippen LogP contribution in [0.3, 0.4) is 0 Å². The van der Waals surface area contributed by atoms with Gasteiger partial charge in [0.1, 0.15) is 0 Å². The van der Waals surface area contributed by atoms with Crippen molar-refractivity contribution in [2.75, 3.05) is 31.2 Å². The van der Waals surface area contributed by atoms with Crippen molar-refractivity contribution in [1.29, 1.82) is 0 Å². The van der Waals surface area contributed by atoms with Gasteiger partial charge in [0.2, 0.25) is 5.95 Å². The Labute approximate surface area is 138 Å².